The van der Waals surface area contributed by atoms with Crippen molar-refractivity contribution in [1.29, 1.82) is 0 Å². The minimum absolute atomic E-state index is 0.123. The van der Waals surface area contributed by atoms with Crippen molar-refractivity contribution in [2.75, 3.05) is 17.8 Å². The number of carboxylic acids is 2. The summed E-state index contributed by atoms with van der Waals surface area (Å²) in [6.45, 7) is 3.45. The fourth-order valence-electron chi connectivity index (χ4n) is 2.19. The van der Waals surface area contributed by atoms with Crippen LogP contribution in [0.2, 0.25) is 0 Å². The number of rotatable bonds is 14. The van der Waals surface area contributed by atoms with Crippen LogP contribution >= 0.6 is 24.4 Å². The van der Waals surface area contributed by atoms with Crippen molar-refractivity contribution >= 4 is 54.1 Å². The van der Waals surface area contributed by atoms with Crippen molar-refractivity contribution < 1.29 is 34.2 Å². The van der Waals surface area contributed by atoms with E-state index in [0.717, 1.165) is 0 Å². The zero-order chi connectivity index (χ0) is 23.4. The van der Waals surface area contributed by atoms with Gasteiger partial charge in [0.2, 0.25) is 17.7 Å². The van der Waals surface area contributed by atoms with Crippen LogP contribution < -0.4 is 21.7 Å². The summed E-state index contributed by atoms with van der Waals surface area (Å²) in [5.41, 5.74) is 5.73. The van der Waals surface area contributed by atoms with E-state index in [2.05, 4.69) is 28.6 Å². The molecule has 0 saturated carbocycles. The van der Waals surface area contributed by atoms with Gasteiger partial charge in [-0.1, -0.05) is 13.8 Å². The molecule has 0 aromatic carbocycles. The first-order chi connectivity index (χ1) is 13.9. The molecular formula is C17H30N4O7S2. The Hall–Kier alpha value is -1.99. The number of carboxylic acid groups (broad SMARTS) is 2. The van der Waals surface area contributed by atoms with E-state index < -0.39 is 60.2 Å². The Morgan fingerprint density at radius 2 is 1.43 bits per heavy atom. The highest BCUT2D eigenvalue weighted by Gasteiger charge is 2.31. The lowest BCUT2D eigenvalue weighted by atomic mass is 10.0. The monoisotopic (exact) mass is 466 g/mol. The molecule has 0 aliphatic carbocycles. The van der Waals surface area contributed by atoms with Crippen molar-refractivity contribution in [3.8, 4) is 0 Å². The highest BCUT2D eigenvalue weighted by Crippen LogP contribution is 2.04. The molecular weight excluding hydrogens is 436 g/mol. The lowest BCUT2D eigenvalue weighted by Crippen LogP contribution is -2.58. The van der Waals surface area contributed by atoms with Crippen LogP contribution in [-0.2, 0) is 24.0 Å². The van der Waals surface area contributed by atoms with Crippen molar-refractivity contribution in [1.82, 2.24) is 16.0 Å². The topological polar surface area (TPSA) is 188 Å². The fraction of sp³-hybridized carbons (Fsp3) is 0.706. The average Bonchev–Trinajstić information content (AvgIpc) is 2.66. The second-order valence-electron chi connectivity index (χ2n) is 6.85. The molecule has 0 spiro atoms. The molecule has 7 N–H and O–H groups in total. The number of thioether (sulfide) groups is 1. The Balaban J connectivity index is 5.26. The molecule has 0 bridgehead atoms. The largest absolute Gasteiger partial charge is 0.481 e. The second kappa shape index (κ2) is 14.1. The zero-order valence-electron chi connectivity index (χ0n) is 17.1. The molecule has 0 rings (SSSR count). The third-order valence-corrected chi connectivity index (χ3v) is 5.08. The van der Waals surface area contributed by atoms with Crippen LogP contribution in [0.5, 0.6) is 0 Å². The molecule has 0 aromatic rings. The van der Waals surface area contributed by atoms with Gasteiger partial charge in [0.25, 0.3) is 0 Å². The van der Waals surface area contributed by atoms with Gasteiger partial charge in [-0.05, 0) is 24.3 Å². The summed E-state index contributed by atoms with van der Waals surface area (Å²) in [5.74, 6) is -4.91. The van der Waals surface area contributed by atoms with E-state index in [1.807, 2.05) is 0 Å². The summed E-state index contributed by atoms with van der Waals surface area (Å²) in [4.78, 5) is 59.4. The van der Waals surface area contributed by atoms with Crippen LogP contribution in [0.15, 0.2) is 0 Å². The zero-order valence-corrected chi connectivity index (χ0v) is 18.8. The summed E-state index contributed by atoms with van der Waals surface area (Å²) in [5, 5.41) is 25.2. The van der Waals surface area contributed by atoms with Gasteiger partial charge in [-0.2, -0.15) is 24.4 Å². The molecule has 172 valence electrons. The van der Waals surface area contributed by atoms with Gasteiger partial charge in [0.05, 0.1) is 12.5 Å². The first kappa shape index (κ1) is 28.0. The summed E-state index contributed by atoms with van der Waals surface area (Å²) in [7, 11) is 0. The molecule has 4 unspecified atom stereocenters. The molecule has 0 radical (unpaired) electrons. The number of carbonyl (C=O) groups is 5. The van der Waals surface area contributed by atoms with Crippen molar-refractivity contribution in [2.45, 2.75) is 50.9 Å². The second-order valence-corrected chi connectivity index (χ2v) is 8.20. The minimum atomic E-state index is -1.54. The quantitative estimate of drug-likeness (QED) is 0.152. The van der Waals surface area contributed by atoms with Gasteiger partial charge in [-0.25, -0.2) is 4.79 Å². The third kappa shape index (κ3) is 10.2. The van der Waals surface area contributed by atoms with Gasteiger partial charge in [-0.15, -0.1) is 0 Å². The van der Waals surface area contributed by atoms with Gasteiger partial charge in [-0.3, -0.25) is 19.2 Å². The molecule has 0 aromatic heterocycles. The maximum atomic E-state index is 12.5. The molecule has 13 heteroatoms. The number of amides is 3. The number of nitrogens with two attached hydrogens (primary N) is 1. The average molecular weight is 467 g/mol. The Bertz CT molecular complexity index is 633. The SMILES string of the molecule is CSCCC(NC(=O)C(CC(=O)O)NC(=O)C(CS)NC(=O)C(N)C(C)C)C(=O)O. The van der Waals surface area contributed by atoms with E-state index in [1.54, 1.807) is 20.1 Å². The molecule has 4 atom stereocenters. The van der Waals surface area contributed by atoms with E-state index >= 15 is 0 Å². The van der Waals surface area contributed by atoms with Crippen LogP contribution in [0.4, 0.5) is 0 Å². The number of aliphatic carboxylic acids is 2. The van der Waals surface area contributed by atoms with Crippen molar-refractivity contribution in [3.05, 3.63) is 0 Å². The Labute approximate surface area is 184 Å². The van der Waals surface area contributed by atoms with Crippen LogP contribution in [0.3, 0.4) is 0 Å². The molecule has 0 aliphatic heterocycles. The van der Waals surface area contributed by atoms with E-state index in [0.29, 0.717) is 5.75 Å². The van der Waals surface area contributed by atoms with Crippen LogP contribution in [0.25, 0.3) is 0 Å². The van der Waals surface area contributed by atoms with Crippen molar-refractivity contribution in [3.63, 3.8) is 0 Å². The maximum absolute atomic E-state index is 12.5. The maximum Gasteiger partial charge on any atom is 0.326 e. The highest BCUT2D eigenvalue weighted by atomic mass is 32.2. The highest BCUT2D eigenvalue weighted by molar-refractivity contribution is 7.98. The molecule has 0 saturated heterocycles. The van der Waals surface area contributed by atoms with E-state index in [9.17, 15) is 29.1 Å². The molecule has 0 heterocycles. The summed E-state index contributed by atoms with van der Waals surface area (Å²) in [6.07, 6.45) is 1.12. The first-order valence-electron chi connectivity index (χ1n) is 9.15. The molecule has 30 heavy (non-hydrogen) atoms. The predicted molar refractivity (Wildman–Crippen MR) is 115 cm³/mol. The van der Waals surface area contributed by atoms with Gasteiger partial charge in [0.1, 0.15) is 18.1 Å². The number of thiol groups is 1. The standard InChI is InChI=1S/C17H30N4O7S2/c1-8(2)13(18)16(26)21-11(7-29)15(25)20-10(6-12(22)23)14(24)19-9(17(27)28)4-5-30-3/h8-11,13,29H,4-7,18H2,1-3H3,(H,19,24)(H,20,25)(H,21,26)(H,22,23)(H,27,28). The van der Waals surface area contributed by atoms with Crippen molar-refractivity contribution in [2.24, 2.45) is 11.7 Å². The lowest BCUT2D eigenvalue weighted by molar-refractivity contribution is -0.143. The summed E-state index contributed by atoms with van der Waals surface area (Å²) in [6, 6.07) is -4.81. The first-order valence-corrected chi connectivity index (χ1v) is 11.2. The van der Waals surface area contributed by atoms with Gasteiger partial charge >= 0.3 is 11.9 Å². The van der Waals surface area contributed by atoms with Gasteiger partial charge < -0.3 is 31.9 Å². The van der Waals surface area contributed by atoms with Gasteiger partial charge in [0.15, 0.2) is 0 Å². The third-order valence-electron chi connectivity index (χ3n) is 4.07. The van der Waals surface area contributed by atoms with Crippen LogP contribution in [-0.4, -0.2) is 81.8 Å². The number of hydrogen-bond donors (Lipinski definition) is 7. The fourth-order valence-corrected chi connectivity index (χ4v) is 2.91. The van der Waals surface area contributed by atoms with Crippen LogP contribution in [0, 0.1) is 5.92 Å². The number of hydrogen-bond acceptors (Lipinski definition) is 8. The molecule has 3 amide bonds. The number of carbonyl (C=O) groups excluding carboxylic acids is 3. The lowest BCUT2D eigenvalue weighted by Gasteiger charge is -2.24. The molecule has 0 aliphatic rings. The number of nitrogens with one attached hydrogen (secondary N) is 3. The molecule has 0 fully saturated rings. The minimum Gasteiger partial charge on any atom is -0.481 e. The Kier molecular flexibility index (Phi) is 13.2. The molecule has 11 nitrogen and oxygen atoms in total. The Morgan fingerprint density at radius 3 is 1.87 bits per heavy atom. The summed E-state index contributed by atoms with van der Waals surface area (Å²) >= 11 is 5.38. The van der Waals surface area contributed by atoms with Gasteiger partial charge in [0, 0.05) is 5.75 Å². The predicted octanol–water partition coefficient (Wildman–Crippen LogP) is -1.33. The summed E-state index contributed by atoms with van der Waals surface area (Å²) < 4.78 is 0. The van der Waals surface area contributed by atoms with E-state index in [-0.39, 0.29) is 18.1 Å². The normalized spacial score (nSPS) is 14.9. The van der Waals surface area contributed by atoms with E-state index in [1.165, 1.54) is 11.8 Å². The van der Waals surface area contributed by atoms with E-state index in [4.69, 9.17) is 10.8 Å². The Morgan fingerprint density at radius 1 is 0.933 bits per heavy atom. The smallest absolute Gasteiger partial charge is 0.326 e. The van der Waals surface area contributed by atoms with Crippen LogP contribution in [0.1, 0.15) is 26.7 Å².